The standard InChI is InChI=1S/C22H23N3O4S/c1-3-12-30(27,28)25-19-7-4-6-17(14-19)22(26)24-18-9-10-21(16(2)13-18)29-20-8-5-11-23-15-20/h4-11,13-15,25H,3,12H2,1-2H3,(H,24,26). The van der Waals surface area contributed by atoms with E-state index in [1.54, 1.807) is 61.8 Å². The fraction of sp³-hybridized carbons (Fsp3) is 0.182. The minimum atomic E-state index is -3.42. The second kappa shape index (κ2) is 9.41. The third kappa shape index (κ3) is 5.81. The van der Waals surface area contributed by atoms with E-state index in [0.29, 0.717) is 34.9 Å². The van der Waals surface area contributed by atoms with Crippen LogP contribution in [0.3, 0.4) is 0 Å². The highest BCUT2D eigenvalue weighted by atomic mass is 32.2. The lowest BCUT2D eigenvalue weighted by Crippen LogP contribution is -2.17. The average molecular weight is 426 g/mol. The van der Waals surface area contributed by atoms with Crippen molar-refractivity contribution in [2.75, 3.05) is 15.8 Å². The molecule has 0 atom stereocenters. The van der Waals surface area contributed by atoms with E-state index in [1.807, 2.05) is 13.0 Å². The number of hydrogen-bond acceptors (Lipinski definition) is 5. The predicted molar refractivity (Wildman–Crippen MR) is 118 cm³/mol. The topological polar surface area (TPSA) is 97.4 Å². The predicted octanol–water partition coefficient (Wildman–Crippen LogP) is 4.59. The molecule has 0 fully saturated rings. The van der Waals surface area contributed by atoms with Gasteiger partial charge in [0.05, 0.1) is 11.9 Å². The van der Waals surface area contributed by atoms with Crippen molar-refractivity contribution >= 4 is 27.3 Å². The maximum Gasteiger partial charge on any atom is 0.255 e. The molecule has 2 aromatic carbocycles. The summed E-state index contributed by atoms with van der Waals surface area (Å²) in [5.41, 5.74) is 2.15. The third-order valence-corrected chi connectivity index (χ3v) is 5.66. The number of pyridine rings is 1. The van der Waals surface area contributed by atoms with Crippen molar-refractivity contribution in [1.82, 2.24) is 4.98 Å². The number of benzene rings is 2. The summed E-state index contributed by atoms with van der Waals surface area (Å²) in [5.74, 6) is 0.968. The Bertz CT molecular complexity index is 1130. The zero-order valence-electron chi connectivity index (χ0n) is 16.8. The summed E-state index contributed by atoms with van der Waals surface area (Å²) in [6.45, 7) is 3.67. The molecule has 156 valence electrons. The number of nitrogens with zero attached hydrogens (tertiary/aromatic N) is 1. The zero-order valence-corrected chi connectivity index (χ0v) is 17.6. The molecule has 2 N–H and O–H groups in total. The van der Waals surface area contributed by atoms with E-state index in [4.69, 9.17) is 4.74 Å². The van der Waals surface area contributed by atoms with Gasteiger partial charge in [0.1, 0.15) is 11.5 Å². The van der Waals surface area contributed by atoms with Gasteiger partial charge < -0.3 is 10.1 Å². The number of amides is 1. The van der Waals surface area contributed by atoms with Crippen LogP contribution in [-0.4, -0.2) is 25.1 Å². The normalized spacial score (nSPS) is 11.0. The van der Waals surface area contributed by atoms with E-state index in [2.05, 4.69) is 15.0 Å². The van der Waals surface area contributed by atoms with Gasteiger partial charge in [0.15, 0.2) is 0 Å². The minimum absolute atomic E-state index is 0.0240. The zero-order chi connectivity index (χ0) is 21.6. The van der Waals surface area contributed by atoms with Crippen LogP contribution < -0.4 is 14.8 Å². The fourth-order valence-electron chi connectivity index (χ4n) is 2.80. The minimum Gasteiger partial charge on any atom is -0.455 e. The summed E-state index contributed by atoms with van der Waals surface area (Å²) in [6.07, 6.45) is 3.80. The summed E-state index contributed by atoms with van der Waals surface area (Å²) >= 11 is 0. The highest BCUT2D eigenvalue weighted by Gasteiger charge is 2.12. The Kier molecular flexibility index (Phi) is 6.68. The summed E-state index contributed by atoms with van der Waals surface area (Å²) < 4.78 is 32.2. The van der Waals surface area contributed by atoms with Crippen LogP contribution in [0.5, 0.6) is 11.5 Å². The molecule has 1 amide bonds. The maximum absolute atomic E-state index is 12.6. The van der Waals surface area contributed by atoms with Gasteiger partial charge in [-0.25, -0.2) is 8.42 Å². The fourth-order valence-corrected chi connectivity index (χ4v) is 3.93. The van der Waals surface area contributed by atoms with Crippen molar-refractivity contribution in [3.8, 4) is 11.5 Å². The van der Waals surface area contributed by atoms with E-state index in [9.17, 15) is 13.2 Å². The smallest absolute Gasteiger partial charge is 0.255 e. The Morgan fingerprint density at radius 2 is 1.90 bits per heavy atom. The number of carbonyl (C=O) groups is 1. The molecule has 0 radical (unpaired) electrons. The van der Waals surface area contributed by atoms with Gasteiger partial charge in [0.2, 0.25) is 10.0 Å². The molecule has 0 spiro atoms. The molecular weight excluding hydrogens is 402 g/mol. The highest BCUT2D eigenvalue weighted by molar-refractivity contribution is 7.92. The van der Waals surface area contributed by atoms with Gasteiger partial charge in [0.25, 0.3) is 5.91 Å². The molecule has 0 aliphatic rings. The molecule has 0 bridgehead atoms. The summed E-state index contributed by atoms with van der Waals surface area (Å²) in [6, 6.07) is 15.3. The lowest BCUT2D eigenvalue weighted by atomic mass is 10.1. The average Bonchev–Trinajstić information content (AvgIpc) is 2.70. The SMILES string of the molecule is CCCS(=O)(=O)Nc1cccc(C(=O)Nc2ccc(Oc3cccnc3)c(C)c2)c1. The molecule has 1 heterocycles. The number of ether oxygens (including phenoxy) is 1. The van der Waals surface area contributed by atoms with E-state index in [1.165, 1.54) is 6.07 Å². The van der Waals surface area contributed by atoms with Crippen LogP contribution >= 0.6 is 0 Å². The number of nitrogens with one attached hydrogen (secondary N) is 2. The van der Waals surface area contributed by atoms with Crippen molar-refractivity contribution in [1.29, 1.82) is 0 Å². The summed E-state index contributed by atoms with van der Waals surface area (Å²) in [5, 5.41) is 2.82. The van der Waals surface area contributed by atoms with Crippen molar-refractivity contribution in [3.63, 3.8) is 0 Å². The molecule has 3 rings (SSSR count). The number of carbonyl (C=O) groups excluding carboxylic acids is 1. The Morgan fingerprint density at radius 3 is 2.60 bits per heavy atom. The largest absolute Gasteiger partial charge is 0.455 e. The molecule has 0 unspecified atom stereocenters. The van der Waals surface area contributed by atoms with Gasteiger partial charge in [0, 0.05) is 23.1 Å². The van der Waals surface area contributed by atoms with E-state index in [0.717, 1.165) is 5.56 Å². The molecule has 7 nitrogen and oxygen atoms in total. The summed E-state index contributed by atoms with van der Waals surface area (Å²) in [7, 11) is -3.42. The van der Waals surface area contributed by atoms with Crippen LogP contribution in [0.15, 0.2) is 67.0 Å². The third-order valence-electron chi connectivity index (χ3n) is 4.17. The first-order chi connectivity index (χ1) is 14.4. The Labute approximate surface area is 176 Å². The summed E-state index contributed by atoms with van der Waals surface area (Å²) in [4.78, 5) is 16.6. The molecule has 1 aromatic heterocycles. The van der Waals surface area contributed by atoms with Crippen LogP contribution in [0, 0.1) is 6.92 Å². The van der Waals surface area contributed by atoms with Crippen molar-refractivity contribution in [2.45, 2.75) is 20.3 Å². The number of sulfonamides is 1. The molecule has 8 heteroatoms. The lowest BCUT2D eigenvalue weighted by Gasteiger charge is -2.12. The van der Waals surface area contributed by atoms with E-state index >= 15 is 0 Å². The first kappa shape index (κ1) is 21.3. The van der Waals surface area contributed by atoms with Crippen LogP contribution in [0.2, 0.25) is 0 Å². The van der Waals surface area contributed by atoms with Gasteiger partial charge in [-0.3, -0.25) is 14.5 Å². The van der Waals surface area contributed by atoms with Gasteiger partial charge in [-0.15, -0.1) is 0 Å². The molecule has 0 saturated heterocycles. The van der Waals surface area contributed by atoms with Crippen LogP contribution in [0.1, 0.15) is 29.3 Å². The quantitative estimate of drug-likeness (QED) is 0.550. The molecule has 0 aliphatic heterocycles. The van der Waals surface area contributed by atoms with Crippen LogP contribution in [-0.2, 0) is 10.0 Å². The lowest BCUT2D eigenvalue weighted by molar-refractivity contribution is 0.102. The second-order valence-electron chi connectivity index (χ2n) is 6.73. The highest BCUT2D eigenvalue weighted by Crippen LogP contribution is 2.27. The molecule has 30 heavy (non-hydrogen) atoms. The van der Waals surface area contributed by atoms with E-state index in [-0.39, 0.29) is 11.7 Å². The van der Waals surface area contributed by atoms with Crippen molar-refractivity contribution < 1.29 is 17.9 Å². The van der Waals surface area contributed by atoms with Gasteiger partial charge in [-0.2, -0.15) is 0 Å². The molecule has 3 aromatic rings. The van der Waals surface area contributed by atoms with Crippen molar-refractivity contribution in [3.05, 3.63) is 78.1 Å². The first-order valence-electron chi connectivity index (χ1n) is 9.47. The van der Waals surface area contributed by atoms with Crippen LogP contribution in [0.25, 0.3) is 0 Å². The second-order valence-corrected chi connectivity index (χ2v) is 8.57. The Balaban J connectivity index is 1.70. The number of aromatic nitrogens is 1. The number of rotatable bonds is 8. The molecular formula is C22H23N3O4S. The van der Waals surface area contributed by atoms with Crippen LogP contribution in [0.4, 0.5) is 11.4 Å². The molecule has 0 saturated carbocycles. The van der Waals surface area contributed by atoms with Gasteiger partial charge >= 0.3 is 0 Å². The molecule has 0 aliphatic carbocycles. The Hall–Kier alpha value is -3.39. The first-order valence-corrected chi connectivity index (χ1v) is 11.1. The number of hydrogen-bond donors (Lipinski definition) is 2. The van der Waals surface area contributed by atoms with Gasteiger partial charge in [-0.1, -0.05) is 13.0 Å². The number of anilines is 2. The monoisotopic (exact) mass is 425 g/mol. The maximum atomic E-state index is 12.6. The van der Waals surface area contributed by atoms with Gasteiger partial charge in [-0.05, 0) is 67.4 Å². The van der Waals surface area contributed by atoms with Crippen molar-refractivity contribution in [2.24, 2.45) is 0 Å². The van der Waals surface area contributed by atoms with E-state index < -0.39 is 10.0 Å². The Morgan fingerprint density at radius 1 is 1.07 bits per heavy atom. The number of aryl methyl sites for hydroxylation is 1.